The summed E-state index contributed by atoms with van der Waals surface area (Å²) >= 11 is 2.93. The van der Waals surface area contributed by atoms with Crippen LogP contribution in [0.15, 0.2) is 35.3 Å². The minimum atomic E-state index is -0.547. The fraction of sp³-hybridized carbons (Fsp3) is 0.105. The van der Waals surface area contributed by atoms with Crippen LogP contribution in [-0.2, 0) is 17.1 Å². The first-order chi connectivity index (χ1) is 10.8. The van der Waals surface area contributed by atoms with Gasteiger partial charge in [0.15, 0.2) is 0 Å². The van der Waals surface area contributed by atoms with Crippen LogP contribution in [0.1, 0.15) is 11.7 Å². The van der Waals surface area contributed by atoms with Crippen molar-refractivity contribution in [1.82, 2.24) is 0 Å². The monoisotopic (exact) mass is 412 g/mol. The van der Waals surface area contributed by atoms with Crippen molar-refractivity contribution in [2.75, 3.05) is 6.54 Å². The Balaban J connectivity index is 0.000000377. The quantitative estimate of drug-likeness (QED) is 0.600. The van der Waals surface area contributed by atoms with Gasteiger partial charge in [0.1, 0.15) is 0 Å². The van der Waals surface area contributed by atoms with Crippen LogP contribution < -0.4 is 0 Å². The van der Waals surface area contributed by atoms with Crippen LogP contribution in [0.4, 0.5) is 0 Å². The molecule has 11 radical (unpaired) electrons. The summed E-state index contributed by atoms with van der Waals surface area (Å²) < 4.78 is 0.838. The van der Waals surface area contributed by atoms with E-state index in [0.717, 1.165) is 16.1 Å². The molecule has 0 aliphatic heterocycles. The van der Waals surface area contributed by atoms with E-state index in [9.17, 15) is 5.11 Å². The van der Waals surface area contributed by atoms with E-state index in [4.69, 9.17) is 0 Å². The van der Waals surface area contributed by atoms with E-state index in [1.165, 1.54) is 0 Å². The third-order valence-corrected chi connectivity index (χ3v) is 3.82. The Bertz CT molecular complexity index is 434. The molecule has 2 aliphatic rings. The van der Waals surface area contributed by atoms with E-state index in [0.29, 0.717) is 6.54 Å². The molecule has 0 saturated heterocycles. The molecule has 1 aromatic carbocycles. The summed E-state index contributed by atoms with van der Waals surface area (Å²) in [5.74, 6) is 1.06. The van der Waals surface area contributed by atoms with Crippen molar-refractivity contribution < 1.29 is 22.2 Å². The van der Waals surface area contributed by atoms with E-state index >= 15 is 0 Å². The number of rotatable bonds is 4. The summed E-state index contributed by atoms with van der Waals surface area (Å²) in [4.78, 5) is 4.35. The molecule has 1 aromatic rings. The molecule has 0 aromatic heterocycles. The van der Waals surface area contributed by atoms with Crippen LogP contribution >= 0.6 is 0 Å². The Hall–Kier alpha value is -0.111. The first-order valence-corrected chi connectivity index (χ1v) is 7.96. The second kappa shape index (κ2) is 12.3. The van der Waals surface area contributed by atoms with Gasteiger partial charge in [0.2, 0.25) is 0 Å². The van der Waals surface area contributed by atoms with Crippen molar-refractivity contribution in [3.8, 4) is 0 Å². The number of hydrogen-bond acceptors (Lipinski definition) is 2. The zero-order chi connectivity index (χ0) is 15.6. The molecule has 4 heteroatoms. The normalized spacial score (nSPS) is 19.6. The molecular formula is C19H18FeNOSe+2. The third kappa shape index (κ3) is 8.00. The van der Waals surface area contributed by atoms with E-state index in [-0.39, 0.29) is 17.1 Å². The Labute approximate surface area is 159 Å². The number of nitrogens with zero attached hydrogens (tertiary/aromatic N) is 1. The molecular weight excluding hydrogens is 393 g/mol. The average molecular weight is 411 g/mol. The largest absolute Gasteiger partial charge is 2.00 e. The van der Waals surface area contributed by atoms with Gasteiger partial charge >= 0.3 is 128 Å². The molecule has 0 amide bonds. The maximum Gasteiger partial charge on any atom is 2.00 e. The summed E-state index contributed by atoms with van der Waals surface area (Å²) in [6.45, 7) is 0.373. The molecule has 2 saturated carbocycles. The second-order valence-corrected chi connectivity index (χ2v) is 5.52. The van der Waals surface area contributed by atoms with Gasteiger partial charge < -0.3 is 0 Å². The molecule has 117 valence electrons. The Morgan fingerprint density at radius 1 is 0.913 bits per heavy atom. The van der Waals surface area contributed by atoms with Crippen LogP contribution in [0.2, 0.25) is 0 Å². The van der Waals surface area contributed by atoms with Gasteiger partial charge in [-0.3, -0.25) is 0 Å². The Kier molecular flexibility index (Phi) is 11.2. The van der Waals surface area contributed by atoms with Crippen molar-refractivity contribution in [1.29, 1.82) is 0 Å². The number of benzene rings is 1. The molecule has 0 heterocycles. The van der Waals surface area contributed by atoms with Crippen LogP contribution in [0, 0.1) is 63.7 Å². The Morgan fingerprint density at radius 3 is 1.96 bits per heavy atom. The molecule has 2 aliphatic carbocycles. The first-order valence-electron chi connectivity index (χ1n) is 7.10. The van der Waals surface area contributed by atoms with Gasteiger partial charge in [-0.25, -0.2) is 0 Å². The third-order valence-electron chi connectivity index (χ3n) is 3.06. The van der Waals surface area contributed by atoms with Gasteiger partial charge in [0.25, 0.3) is 0 Å². The number of aliphatic hydroxyl groups excluding tert-OH is 1. The number of aliphatic imine (C=N–C) groups is 1. The van der Waals surface area contributed by atoms with Gasteiger partial charge in [-0.05, 0) is 32.1 Å². The van der Waals surface area contributed by atoms with Gasteiger partial charge in [-0.2, -0.15) is 0 Å². The Morgan fingerprint density at radius 2 is 1.43 bits per heavy atom. The maximum absolute atomic E-state index is 9.95. The van der Waals surface area contributed by atoms with E-state index in [2.05, 4.69) is 21.0 Å². The smallest absolute Gasteiger partial charge is 0.0312 e. The zero-order valence-corrected chi connectivity index (χ0v) is 15.3. The molecule has 3 rings (SSSR count). The average Bonchev–Trinajstić information content (AvgIpc) is 3.28. The van der Waals surface area contributed by atoms with Gasteiger partial charge in [0, 0.05) is 0 Å². The van der Waals surface area contributed by atoms with Crippen LogP contribution in [0.25, 0.3) is 0 Å². The summed E-state index contributed by atoms with van der Waals surface area (Å²) in [6.07, 6.45) is 17.4. The minimum absolute atomic E-state index is 0. The molecule has 1 unspecified atom stereocenters. The van der Waals surface area contributed by atoms with E-state index in [1.807, 2.05) is 88.1 Å². The van der Waals surface area contributed by atoms with Crippen LogP contribution in [-0.4, -0.2) is 32.3 Å². The predicted octanol–water partition coefficient (Wildman–Crippen LogP) is 2.71. The molecule has 23 heavy (non-hydrogen) atoms. The van der Waals surface area contributed by atoms with Crippen molar-refractivity contribution >= 4 is 20.6 Å². The van der Waals surface area contributed by atoms with Crippen molar-refractivity contribution in [3.63, 3.8) is 0 Å². The molecule has 0 spiro atoms. The van der Waals surface area contributed by atoms with Crippen LogP contribution in [0.5, 0.6) is 0 Å². The number of aliphatic hydroxyl groups is 1. The summed E-state index contributed by atoms with van der Waals surface area (Å²) in [6, 6.07) is 9.57. The van der Waals surface area contributed by atoms with Gasteiger partial charge in [-0.1, -0.05) is 0 Å². The molecule has 2 nitrogen and oxygen atoms in total. The number of hydrogen-bond donors (Lipinski definition) is 1. The van der Waals surface area contributed by atoms with Crippen molar-refractivity contribution in [2.45, 2.75) is 6.10 Å². The second-order valence-electron chi connectivity index (χ2n) is 4.71. The summed E-state index contributed by atoms with van der Waals surface area (Å²) in [5.41, 5.74) is 0.895. The minimum Gasteiger partial charge on any atom is -0.0312 e. The fourth-order valence-electron chi connectivity index (χ4n) is 1.88. The van der Waals surface area contributed by atoms with Gasteiger partial charge in [-0.15, -0.1) is 0 Å². The molecule has 2 fully saturated rings. The standard InChI is InChI=1S/C14H13NOSe.C5H5.Fe/c16-13(11-6-2-1-3-7-11)10-15-14(17)12-8-4-5-9-12;1-2-4-5-3-1;/h1-9,13,16H,10H2;1-5H;/q;;+2. The van der Waals surface area contributed by atoms with Crippen LogP contribution in [0.3, 0.4) is 0 Å². The molecule has 1 atom stereocenters. The van der Waals surface area contributed by atoms with Crippen molar-refractivity contribution in [2.24, 2.45) is 4.99 Å². The SMILES string of the molecule is OC(CN=C([Se])[C]1[CH][CH][CH][CH]1)c1ccccc1.[CH]1[CH][CH][CH][CH]1.[Fe+2]. The summed E-state index contributed by atoms with van der Waals surface area (Å²) in [7, 11) is 0. The summed E-state index contributed by atoms with van der Waals surface area (Å²) in [5, 5.41) is 9.95. The molecule has 0 bridgehead atoms. The zero-order valence-electron chi connectivity index (χ0n) is 12.5. The van der Waals surface area contributed by atoms with Gasteiger partial charge in [0.05, 0.1) is 0 Å². The predicted molar refractivity (Wildman–Crippen MR) is 91.4 cm³/mol. The molecule has 1 N–H and O–H groups in total. The maximum atomic E-state index is 9.95. The van der Waals surface area contributed by atoms with Crippen molar-refractivity contribution in [3.05, 3.63) is 99.6 Å². The van der Waals surface area contributed by atoms with E-state index in [1.54, 1.807) is 0 Å². The first kappa shape index (κ1) is 20.9. The van der Waals surface area contributed by atoms with E-state index < -0.39 is 6.10 Å². The fourth-order valence-corrected chi connectivity index (χ4v) is 2.32. The topological polar surface area (TPSA) is 32.6 Å².